The number of carbonyl (C=O) groups is 1. The first kappa shape index (κ1) is 12.7. The number of hydrogen-bond acceptors (Lipinski definition) is 2. The average molecular weight is 267 g/mol. The highest BCUT2D eigenvalue weighted by molar-refractivity contribution is 6.03. The van der Waals surface area contributed by atoms with Crippen molar-refractivity contribution in [1.82, 2.24) is 0 Å². The summed E-state index contributed by atoms with van der Waals surface area (Å²) in [5.41, 5.74) is 4.25. The smallest absolute Gasteiger partial charge is 0.232 e. The molecule has 0 saturated heterocycles. The zero-order valence-corrected chi connectivity index (χ0v) is 11.6. The Kier molecular flexibility index (Phi) is 3.18. The Balaban J connectivity index is 1.96. The second-order valence-electron chi connectivity index (χ2n) is 5.15. The number of ether oxygens (including phenoxy) is 1. The van der Waals surface area contributed by atoms with E-state index in [1.807, 2.05) is 43.3 Å². The number of para-hydroxylation sites is 1. The third kappa shape index (κ3) is 2.16. The Hall–Kier alpha value is -2.29. The van der Waals surface area contributed by atoms with Gasteiger partial charge >= 0.3 is 0 Å². The van der Waals surface area contributed by atoms with Crippen LogP contribution < -0.4 is 10.1 Å². The molecule has 0 radical (unpaired) electrons. The summed E-state index contributed by atoms with van der Waals surface area (Å²) >= 11 is 0. The van der Waals surface area contributed by atoms with Crippen molar-refractivity contribution in [2.24, 2.45) is 0 Å². The Labute approximate surface area is 118 Å². The molecule has 1 atom stereocenters. The van der Waals surface area contributed by atoms with Crippen molar-refractivity contribution in [2.45, 2.75) is 19.3 Å². The highest BCUT2D eigenvalue weighted by atomic mass is 16.5. The zero-order chi connectivity index (χ0) is 14.1. The molecule has 0 fully saturated rings. The van der Waals surface area contributed by atoms with Gasteiger partial charge < -0.3 is 10.1 Å². The molecular weight excluding hydrogens is 250 g/mol. The molecule has 20 heavy (non-hydrogen) atoms. The Morgan fingerprint density at radius 1 is 1.20 bits per heavy atom. The number of amides is 1. The van der Waals surface area contributed by atoms with Gasteiger partial charge in [0.15, 0.2) is 0 Å². The van der Waals surface area contributed by atoms with E-state index >= 15 is 0 Å². The summed E-state index contributed by atoms with van der Waals surface area (Å²) in [4.78, 5) is 12.2. The molecule has 1 aliphatic heterocycles. The lowest BCUT2D eigenvalue weighted by molar-refractivity contribution is -0.117. The molecule has 1 aliphatic rings. The van der Waals surface area contributed by atoms with Crippen molar-refractivity contribution in [3.8, 4) is 5.75 Å². The minimum atomic E-state index is -0.138. The van der Waals surface area contributed by atoms with Gasteiger partial charge in [-0.15, -0.1) is 0 Å². The van der Waals surface area contributed by atoms with Gasteiger partial charge in [-0.1, -0.05) is 35.9 Å². The minimum absolute atomic E-state index is 0.0662. The molecule has 0 bridgehead atoms. The Bertz CT molecular complexity index is 664. The van der Waals surface area contributed by atoms with Gasteiger partial charge in [0.05, 0.1) is 13.0 Å². The quantitative estimate of drug-likeness (QED) is 0.926. The number of anilines is 1. The first-order valence-corrected chi connectivity index (χ1v) is 6.72. The van der Waals surface area contributed by atoms with Crippen molar-refractivity contribution < 1.29 is 9.53 Å². The molecular formula is C17H17NO2. The number of nitrogens with one attached hydrogen (secondary N) is 1. The lowest BCUT2D eigenvalue weighted by Gasteiger charge is -2.12. The molecule has 0 aromatic heterocycles. The molecule has 3 nitrogen and oxygen atoms in total. The predicted octanol–water partition coefficient (Wildman–Crippen LogP) is 3.28. The van der Waals surface area contributed by atoms with E-state index < -0.39 is 0 Å². The van der Waals surface area contributed by atoms with Crippen LogP contribution in [0, 0.1) is 6.92 Å². The van der Waals surface area contributed by atoms with Crippen LogP contribution in [-0.2, 0) is 11.2 Å². The molecule has 1 heterocycles. The van der Waals surface area contributed by atoms with Gasteiger partial charge in [-0.2, -0.15) is 0 Å². The fraction of sp³-hybridized carbons (Fsp3) is 0.235. The van der Waals surface area contributed by atoms with Crippen molar-refractivity contribution in [2.75, 3.05) is 12.4 Å². The first-order chi connectivity index (χ1) is 9.69. The number of carbonyl (C=O) groups excluding carboxylic acids is 1. The van der Waals surface area contributed by atoms with E-state index in [0.29, 0.717) is 6.42 Å². The van der Waals surface area contributed by atoms with Gasteiger partial charge in [0, 0.05) is 5.69 Å². The summed E-state index contributed by atoms with van der Waals surface area (Å²) in [6, 6.07) is 13.9. The summed E-state index contributed by atoms with van der Waals surface area (Å²) in [5, 5.41) is 2.95. The van der Waals surface area contributed by atoms with Crippen LogP contribution >= 0.6 is 0 Å². The molecule has 3 heteroatoms. The monoisotopic (exact) mass is 267 g/mol. The molecule has 2 aromatic carbocycles. The maximum Gasteiger partial charge on any atom is 0.232 e. The van der Waals surface area contributed by atoms with E-state index in [0.717, 1.165) is 22.6 Å². The topological polar surface area (TPSA) is 38.3 Å². The molecule has 0 saturated carbocycles. The SMILES string of the molecule is COc1ccccc1C[C@H]1C(=O)Nc2ccc(C)cc21. The predicted molar refractivity (Wildman–Crippen MR) is 79.2 cm³/mol. The molecule has 3 rings (SSSR count). The summed E-state index contributed by atoms with van der Waals surface area (Å²) in [6.07, 6.45) is 0.659. The number of methoxy groups -OCH3 is 1. The lowest BCUT2D eigenvalue weighted by Crippen LogP contribution is -2.14. The van der Waals surface area contributed by atoms with Gasteiger partial charge in [-0.3, -0.25) is 4.79 Å². The lowest BCUT2D eigenvalue weighted by atomic mass is 9.92. The van der Waals surface area contributed by atoms with Crippen LogP contribution in [0.4, 0.5) is 5.69 Å². The van der Waals surface area contributed by atoms with E-state index in [4.69, 9.17) is 4.74 Å². The number of fused-ring (bicyclic) bond motifs is 1. The van der Waals surface area contributed by atoms with E-state index in [1.165, 1.54) is 5.56 Å². The fourth-order valence-corrected chi connectivity index (χ4v) is 2.74. The summed E-state index contributed by atoms with van der Waals surface area (Å²) in [5.74, 6) is 0.763. The maximum atomic E-state index is 12.2. The second kappa shape index (κ2) is 5.00. The van der Waals surface area contributed by atoms with Crippen molar-refractivity contribution in [3.05, 3.63) is 59.2 Å². The average Bonchev–Trinajstić information content (AvgIpc) is 2.76. The van der Waals surface area contributed by atoms with Gasteiger partial charge in [0.1, 0.15) is 5.75 Å². The molecule has 1 amide bonds. The Morgan fingerprint density at radius 2 is 2.00 bits per heavy atom. The molecule has 0 spiro atoms. The number of benzene rings is 2. The third-order valence-electron chi connectivity index (χ3n) is 3.77. The summed E-state index contributed by atoms with van der Waals surface area (Å²) in [7, 11) is 1.66. The first-order valence-electron chi connectivity index (χ1n) is 6.72. The van der Waals surface area contributed by atoms with Crippen molar-refractivity contribution in [1.29, 1.82) is 0 Å². The van der Waals surface area contributed by atoms with Crippen LogP contribution in [0.1, 0.15) is 22.6 Å². The molecule has 102 valence electrons. The van der Waals surface area contributed by atoms with Crippen molar-refractivity contribution >= 4 is 11.6 Å². The van der Waals surface area contributed by atoms with Crippen LogP contribution in [0.25, 0.3) is 0 Å². The molecule has 1 N–H and O–H groups in total. The van der Waals surface area contributed by atoms with Gasteiger partial charge in [0.2, 0.25) is 5.91 Å². The third-order valence-corrected chi connectivity index (χ3v) is 3.77. The van der Waals surface area contributed by atoms with Crippen LogP contribution in [0.15, 0.2) is 42.5 Å². The Morgan fingerprint density at radius 3 is 2.80 bits per heavy atom. The minimum Gasteiger partial charge on any atom is -0.496 e. The number of rotatable bonds is 3. The number of hydrogen-bond donors (Lipinski definition) is 1. The van der Waals surface area contributed by atoms with E-state index in [9.17, 15) is 4.79 Å². The van der Waals surface area contributed by atoms with Gasteiger partial charge in [0.25, 0.3) is 0 Å². The van der Waals surface area contributed by atoms with E-state index in [-0.39, 0.29) is 11.8 Å². The highest BCUT2D eigenvalue weighted by Crippen LogP contribution is 2.36. The van der Waals surface area contributed by atoms with E-state index in [2.05, 4.69) is 11.4 Å². The summed E-state index contributed by atoms with van der Waals surface area (Å²) < 4.78 is 5.37. The van der Waals surface area contributed by atoms with Crippen LogP contribution in [0.3, 0.4) is 0 Å². The van der Waals surface area contributed by atoms with Crippen LogP contribution in [-0.4, -0.2) is 13.0 Å². The molecule has 0 aliphatic carbocycles. The van der Waals surface area contributed by atoms with Crippen molar-refractivity contribution in [3.63, 3.8) is 0 Å². The van der Waals surface area contributed by atoms with Crippen LogP contribution in [0.2, 0.25) is 0 Å². The summed E-state index contributed by atoms with van der Waals surface area (Å²) in [6.45, 7) is 2.04. The van der Waals surface area contributed by atoms with Crippen LogP contribution in [0.5, 0.6) is 5.75 Å². The largest absolute Gasteiger partial charge is 0.496 e. The van der Waals surface area contributed by atoms with Gasteiger partial charge in [-0.05, 0) is 36.6 Å². The molecule has 0 unspecified atom stereocenters. The van der Waals surface area contributed by atoms with Gasteiger partial charge in [-0.25, -0.2) is 0 Å². The van der Waals surface area contributed by atoms with E-state index in [1.54, 1.807) is 7.11 Å². The second-order valence-corrected chi connectivity index (χ2v) is 5.15. The fourth-order valence-electron chi connectivity index (χ4n) is 2.74. The standard InChI is InChI=1S/C17H17NO2/c1-11-7-8-15-13(9-11)14(17(19)18-15)10-12-5-3-4-6-16(12)20-2/h3-9,14H,10H2,1-2H3,(H,18,19)/t14-/m1/s1. The number of aryl methyl sites for hydroxylation is 1. The zero-order valence-electron chi connectivity index (χ0n) is 11.6. The highest BCUT2D eigenvalue weighted by Gasteiger charge is 2.31. The maximum absolute atomic E-state index is 12.2. The normalized spacial score (nSPS) is 16.7. The molecule has 2 aromatic rings.